The van der Waals surface area contributed by atoms with Crippen LogP contribution >= 0.6 is 0 Å². The van der Waals surface area contributed by atoms with Crippen molar-refractivity contribution in [2.24, 2.45) is 0 Å². The zero-order chi connectivity index (χ0) is 8.73. The lowest BCUT2D eigenvalue weighted by atomic mass is 10.4. The molecule has 0 fully saturated rings. The molecular weight excluding hydrogens is 167 g/mol. The molecule has 0 saturated heterocycles. The zero-order valence-electron chi connectivity index (χ0n) is 5.74. The predicted octanol–water partition coefficient (Wildman–Crippen LogP) is -1.64. The summed E-state index contributed by atoms with van der Waals surface area (Å²) in [5.41, 5.74) is 0. The van der Waals surface area contributed by atoms with E-state index in [4.69, 9.17) is 20.1 Å². The van der Waals surface area contributed by atoms with Crippen LogP contribution < -0.4 is 0 Å². The van der Waals surface area contributed by atoms with Crippen molar-refractivity contribution in [1.82, 2.24) is 0 Å². The van der Waals surface area contributed by atoms with Crippen molar-refractivity contribution >= 4 is 29.3 Å². The van der Waals surface area contributed by atoms with Crippen LogP contribution in [0.2, 0.25) is 0 Å². The summed E-state index contributed by atoms with van der Waals surface area (Å²) in [4.78, 5) is 18.4. The van der Waals surface area contributed by atoms with Crippen LogP contribution in [0, 0.1) is 0 Å². The molecule has 0 rings (SSSR count). The minimum Gasteiger partial charge on any atom is -0.481 e. The summed E-state index contributed by atoms with van der Waals surface area (Å²) in [6.07, 6.45) is -1.23. The van der Waals surface area contributed by atoms with E-state index in [9.17, 15) is 4.79 Å². The summed E-state index contributed by atoms with van der Waals surface area (Å²) in [7, 11) is 0. The second-order valence-corrected chi connectivity index (χ2v) is 1.53. The second kappa shape index (κ2) is 9.43. The molecule has 1 atom stereocenters. The normalized spacial score (nSPS) is 9.73. The highest BCUT2D eigenvalue weighted by Gasteiger charge is 2.01. The standard InChI is InChI=1S/C3H6O3.C2H4O2.Al.3H/c1-2(4)3(5)6;1-2(3)4;;;;/h2,4H,1H3,(H,5,6);1H3,(H,3,4);;;;. The first kappa shape index (κ1) is 16.8. The molecule has 5 nitrogen and oxygen atoms in total. The average molecular weight is 180 g/mol. The number of carboxylic acids is 2. The molecule has 0 spiro atoms. The van der Waals surface area contributed by atoms with Gasteiger partial charge >= 0.3 is 5.97 Å². The molecule has 6 heteroatoms. The van der Waals surface area contributed by atoms with Crippen molar-refractivity contribution in [3.8, 4) is 0 Å². The molecule has 0 heterocycles. The Morgan fingerprint density at radius 3 is 1.36 bits per heavy atom. The van der Waals surface area contributed by atoms with E-state index in [1.807, 2.05) is 0 Å². The van der Waals surface area contributed by atoms with E-state index in [1.54, 1.807) is 0 Å². The van der Waals surface area contributed by atoms with E-state index >= 15 is 0 Å². The molecule has 3 N–H and O–H groups in total. The fraction of sp³-hybridized carbons (Fsp3) is 0.600. The van der Waals surface area contributed by atoms with E-state index < -0.39 is 18.0 Å². The molecule has 0 aromatic carbocycles. The van der Waals surface area contributed by atoms with Gasteiger partial charge in [-0.15, -0.1) is 0 Å². The number of carboxylic acid groups (broad SMARTS) is 2. The Kier molecular flexibility index (Phi) is 14.4. The van der Waals surface area contributed by atoms with Gasteiger partial charge in [-0.25, -0.2) is 4.79 Å². The highest BCUT2D eigenvalue weighted by Crippen LogP contribution is 1.73. The number of hydrogen-bond acceptors (Lipinski definition) is 3. The number of hydrogen-bond donors (Lipinski definition) is 3. The fourth-order valence-corrected chi connectivity index (χ4v) is 0. The van der Waals surface area contributed by atoms with E-state index in [0.717, 1.165) is 6.92 Å². The number of aliphatic hydroxyl groups is 1. The lowest BCUT2D eigenvalue weighted by molar-refractivity contribution is -0.145. The minimum atomic E-state index is -1.23. The van der Waals surface area contributed by atoms with Crippen molar-refractivity contribution < 1.29 is 24.9 Å². The number of carbonyl (C=O) groups is 2. The summed E-state index contributed by atoms with van der Waals surface area (Å²) in [6.45, 7) is 2.28. The van der Waals surface area contributed by atoms with Gasteiger partial charge in [0.25, 0.3) is 5.97 Å². The van der Waals surface area contributed by atoms with Crippen LogP contribution in [0.3, 0.4) is 0 Å². The van der Waals surface area contributed by atoms with Gasteiger partial charge in [-0.05, 0) is 6.92 Å². The maximum Gasteiger partial charge on any atom is 0.332 e. The van der Waals surface area contributed by atoms with E-state index in [-0.39, 0.29) is 17.4 Å². The third-order valence-electron chi connectivity index (χ3n) is 0.357. The molecular formula is C5H13AlO5. The van der Waals surface area contributed by atoms with Gasteiger partial charge in [-0.1, -0.05) is 0 Å². The molecule has 0 amide bonds. The van der Waals surface area contributed by atoms with Crippen LogP contribution in [0.15, 0.2) is 0 Å². The van der Waals surface area contributed by atoms with Crippen molar-refractivity contribution in [3.63, 3.8) is 0 Å². The van der Waals surface area contributed by atoms with E-state index in [0.29, 0.717) is 0 Å². The molecule has 0 aliphatic carbocycles. The van der Waals surface area contributed by atoms with Gasteiger partial charge in [0.05, 0.1) is 0 Å². The molecule has 11 heavy (non-hydrogen) atoms. The van der Waals surface area contributed by atoms with Crippen molar-refractivity contribution in [2.75, 3.05) is 0 Å². The molecule has 0 aromatic rings. The van der Waals surface area contributed by atoms with E-state index in [1.165, 1.54) is 6.92 Å². The van der Waals surface area contributed by atoms with Gasteiger partial charge in [0.1, 0.15) is 6.10 Å². The van der Waals surface area contributed by atoms with Crippen molar-refractivity contribution in [1.29, 1.82) is 0 Å². The summed E-state index contributed by atoms with van der Waals surface area (Å²) < 4.78 is 0. The lowest BCUT2D eigenvalue weighted by Crippen LogP contribution is -2.13. The summed E-state index contributed by atoms with van der Waals surface area (Å²) in [6, 6.07) is 0. The quantitative estimate of drug-likeness (QED) is 0.420. The Bertz CT molecular complexity index is 118. The third-order valence-corrected chi connectivity index (χ3v) is 0.357. The summed E-state index contributed by atoms with van der Waals surface area (Å²) in [5.74, 6) is -2.02. The molecule has 0 radical (unpaired) electrons. The predicted molar refractivity (Wildman–Crippen MR) is 42.6 cm³/mol. The molecule has 0 aromatic heterocycles. The first-order valence-corrected chi connectivity index (χ1v) is 2.48. The molecule has 0 aliphatic rings. The maximum absolute atomic E-state index is 9.45. The smallest absolute Gasteiger partial charge is 0.332 e. The molecule has 0 saturated carbocycles. The van der Waals surface area contributed by atoms with Crippen molar-refractivity contribution in [2.45, 2.75) is 20.0 Å². The third kappa shape index (κ3) is 44.2. The Hall–Kier alpha value is -0.568. The Morgan fingerprint density at radius 1 is 1.27 bits per heavy atom. The van der Waals surface area contributed by atoms with Gasteiger partial charge < -0.3 is 15.3 Å². The molecule has 0 bridgehead atoms. The monoisotopic (exact) mass is 180 g/mol. The summed E-state index contributed by atoms with van der Waals surface area (Å²) >= 11 is 0. The van der Waals surface area contributed by atoms with Gasteiger partial charge in [0.15, 0.2) is 17.4 Å². The fourth-order valence-electron chi connectivity index (χ4n) is 0. The van der Waals surface area contributed by atoms with Gasteiger partial charge in [-0.3, -0.25) is 4.79 Å². The average Bonchev–Trinajstić information content (AvgIpc) is 1.63. The van der Waals surface area contributed by atoms with Crippen LogP contribution in [-0.2, 0) is 9.59 Å². The Morgan fingerprint density at radius 2 is 1.36 bits per heavy atom. The Labute approximate surface area is 74.8 Å². The Balaban J connectivity index is -0.000000114. The van der Waals surface area contributed by atoms with Crippen LogP contribution in [0.5, 0.6) is 0 Å². The van der Waals surface area contributed by atoms with Crippen molar-refractivity contribution in [3.05, 3.63) is 0 Å². The lowest BCUT2D eigenvalue weighted by Gasteiger charge is -1.89. The van der Waals surface area contributed by atoms with Crippen LogP contribution in [-0.4, -0.2) is 50.7 Å². The second-order valence-electron chi connectivity index (χ2n) is 1.53. The first-order chi connectivity index (χ1) is 4.37. The van der Waals surface area contributed by atoms with Crippen LogP contribution in [0.25, 0.3) is 0 Å². The highest BCUT2D eigenvalue weighted by atomic mass is 27.0. The van der Waals surface area contributed by atoms with Crippen LogP contribution in [0.4, 0.5) is 0 Å². The molecule has 1 unspecified atom stereocenters. The highest BCUT2D eigenvalue weighted by molar-refractivity contribution is 5.75. The SMILES string of the molecule is CC(=O)O.CC(O)C(=O)O.[AlH3]. The van der Waals surface area contributed by atoms with Crippen LogP contribution in [0.1, 0.15) is 13.8 Å². The van der Waals surface area contributed by atoms with Gasteiger partial charge in [-0.2, -0.15) is 0 Å². The number of rotatable bonds is 1. The number of aliphatic hydroxyl groups excluding tert-OH is 1. The largest absolute Gasteiger partial charge is 0.481 e. The molecule has 0 aliphatic heterocycles. The number of aliphatic carboxylic acids is 2. The zero-order valence-corrected chi connectivity index (χ0v) is 5.74. The van der Waals surface area contributed by atoms with Gasteiger partial charge in [0, 0.05) is 6.92 Å². The summed E-state index contributed by atoms with van der Waals surface area (Å²) in [5, 5.41) is 23.2. The molecule has 66 valence electrons. The maximum atomic E-state index is 9.45. The topological polar surface area (TPSA) is 94.8 Å². The first-order valence-electron chi connectivity index (χ1n) is 2.48. The van der Waals surface area contributed by atoms with E-state index in [2.05, 4.69) is 0 Å². The minimum absolute atomic E-state index is 0. The van der Waals surface area contributed by atoms with Gasteiger partial charge in [0.2, 0.25) is 0 Å².